The normalized spacial score (nSPS) is 15.9. The van der Waals surface area contributed by atoms with Crippen LogP contribution < -0.4 is 5.32 Å². The molecule has 27 heavy (non-hydrogen) atoms. The number of hydrogen-bond acceptors (Lipinski definition) is 3. The summed E-state index contributed by atoms with van der Waals surface area (Å²) in [5.74, 6) is 1.63. The van der Waals surface area contributed by atoms with E-state index in [0.717, 1.165) is 48.4 Å². The molecule has 2 N–H and O–H groups in total. The van der Waals surface area contributed by atoms with Gasteiger partial charge in [-0.2, -0.15) is 0 Å². The number of amides is 1. The third kappa shape index (κ3) is 4.37. The predicted molar refractivity (Wildman–Crippen MR) is 108 cm³/mol. The van der Waals surface area contributed by atoms with Gasteiger partial charge in [0.25, 0.3) is 0 Å². The highest BCUT2D eigenvalue weighted by atomic mass is 16.2. The van der Waals surface area contributed by atoms with Gasteiger partial charge >= 0.3 is 0 Å². The van der Waals surface area contributed by atoms with E-state index in [-0.39, 0.29) is 5.91 Å². The van der Waals surface area contributed by atoms with Crippen LogP contribution in [0.4, 0.5) is 0 Å². The number of nitrogens with one attached hydrogen (secondary N) is 2. The minimum absolute atomic E-state index is 0.0940. The fourth-order valence-electron chi connectivity index (χ4n) is 3.76. The number of likely N-dealkylation sites (tertiary alicyclic amines) is 1. The topological polar surface area (TPSA) is 61.0 Å². The van der Waals surface area contributed by atoms with Gasteiger partial charge in [0.05, 0.1) is 17.6 Å². The highest BCUT2D eigenvalue weighted by Gasteiger charge is 2.24. The van der Waals surface area contributed by atoms with Crippen LogP contribution in [0.15, 0.2) is 48.5 Å². The van der Waals surface area contributed by atoms with Crippen molar-refractivity contribution in [1.82, 2.24) is 20.2 Å². The number of carbonyl (C=O) groups excluding carboxylic acids is 1. The van der Waals surface area contributed by atoms with Crippen molar-refractivity contribution in [3.05, 3.63) is 65.5 Å². The molecule has 0 radical (unpaired) electrons. The molecular weight excluding hydrogens is 336 g/mol. The van der Waals surface area contributed by atoms with Crippen molar-refractivity contribution >= 4 is 16.9 Å². The number of aromatic amines is 1. The van der Waals surface area contributed by atoms with E-state index in [9.17, 15) is 4.79 Å². The number of benzene rings is 2. The minimum Gasteiger partial charge on any atom is -0.351 e. The Kier molecular flexibility index (Phi) is 5.21. The van der Waals surface area contributed by atoms with Crippen LogP contribution in [0.2, 0.25) is 0 Å². The smallest absolute Gasteiger partial charge is 0.234 e. The van der Waals surface area contributed by atoms with Gasteiger partial charge in [-0.25, -0.2) is 4.98 Å². The number of fused-ring (bicyclic) bond motifs is 1. The molecule has 4 rings (SSSR count). The zero-order valence-electron chi connectivity index (χ0n) is 15.7. The zero-order chi connectivity index (χ0) is 18.6. The fourth-order valence-corrected chi connectivity index (χ4v) is 3.76. The van der Waals surface area contributed by atoms with E-state index < -0.39 is 0 Å². The van der Waals surface area contributed by atoms with Crippen LogP contribution >= 0.6 is 0 Å². The van der Waals surface area contributed by atoms with Gasteiger partial charge in [-0.05, 0) is 56.1 Å². The number of imidazole rings is 1. The molecule has 1 saturated heterocycles. The van der Waals surface area contributed by atoms with E-state index in [4.69, 9.17) is 4.98 Å². The maximum Gasteiger partial charge on any atom is 0.234 e. The Hall–Kier alpha value is -2.66. The molecule has 0 saturated carbocycles. The van der Waals surface area contributed by atoms with Crippen molar-refractivity contribution in [2.24, 2.45) is 0 Å². The van der Waals surface area contributed by atoms with E-state index in [2.05, 4.69) is 40.3 Å². The summed E-state index contributed by atoms with van der Waals surface area (Å²) < 4.78 is 0. The summed E-state index contributed by atoms with van der Waals surface area (Å²) in [6, 6.07) is 16.4. The van der Waals surface area contributed by atoms with Crippen molar-refractivity contribution < 1.29 is 4.79 Å². The van der Waals surface area contributed by atoms with Gasteiger partial charge in [0.2, 0.25) is 5.91 Å². The van der Waals surface area contributed by atoms with E-state index in [1.807, 2.05) is 30.3 Å². The Labute approximate surface area is 159 Å². The first-order valence-corrected chi connectivity index (χ1v) is 9.66. The van der Waals surface area contributed by atoms with E-state index >= 15 is 0 Å². The summed E-state index contributed by atoms with van der Waals surface area (Å²) in [6.45, 7) is 5.02. The minimum atomic E-state index is 0.0940. The number of piperidine rings is 1. The first-order valence-electron chi connectivity index (χ1n) is 9.66. The summed E-state index contributed by atoms with van der Waals surface area (Å²) >= 11 is 0. The monoisotopic (exact) mass is 362 g/mol. The van der Waals surface area contributed by atoms with Gasteiger partial charge in [-0.3, -0.25) is 9.69 Å². The quantitative estimate of drug-likeness (QED) is 0.732. The molecule has 1 aliphatic heterocycles. The first kappa shape index (κ1) is 17.7. The number of H-pyrrole nitrogens is 1. The lowest BCUT2D eigenvalue weighted by atomic mass is 9.96. The molecule has 0 atom stereocenters. The maximum absolute atomic E-state index is 12.2. The summed E-state index contributed by atoms with van der Waals surface area (Å²) in [6.07, 6.45) is 2.07. The Balaban J connectivity index is 1.27. The highest BCUT2D eigenvalue weighted by molar-refractivity contribution is 5.78. The molecule has 0 bridgehead atoms. The lowest BCUT2D eigenvalue weighted by Crippen LogP contribution is -2.41. The Morgan fingerprint density at radius 2 is 1.96 bits per heavy atom. The Morgan fingerprint density at radius 3 is 2.74 bits per heavy atom. The van der Waals surface area contributed by atoms with Gasteiger partial charge in [0.1, 0.15) is 5.82 Å². The summed E-state index contributed by atoms with van der Waals surface area (Å²) in [5, 5.41) is 3.01. The molecular formula is C22H26N4O. The molecule has 3 aromatic rings. The van der Waals surface area contributed by atoms with Crippen LogP contribution in [0.3, 0.4) is 0 Å². The largest absolute Gasteiger partial charge is 0.351 e. The summed E-state index contributed by atoms with van der Waals surface area (Å²) in [7, 11) is 0. The lowest BCUT2D eigenvalue weighted by Gasteiger charge is -2.30. The molecule has 1 fully saturated rings. The van der Waals surface area contributed by atoms with E-state index in [1.54, 1.807) is 0 Å². The van der Waals surface area contributed by atoms with Crippen molar-refractivity contribution in [3.63, 3.8) is 0 Å². The number of rotatable bonds is 5. The number of carbonyl (C=O) groups is 1. The second kappa shape index (κ2) is 7.92. The number of nitrogens with zero attached hydrogens (tertiary/aromatic N) is 2. The molecule has 140 valence electrons. The average molecular weight is 362 g/mol. The van der Waals surface area contributed by atoms with Crippen molar-refractivity contribution in [1.29, 1.82) is 0 Å². The molecule has 1 amide bonds. The number of hydrogen-bond donors (Lipinski definition) is 2. The highest BCUT2D eigenvalue weighted by Crippen LogP contribution is 2.27. The molecule has 2 aromatic carbocycles. The lowest BCUT2D eigenvalue weighted by molar-refractivity contribution is -0.122. The third-order valence-electron chi connectivity index (χ3n) is 5.33. The van der Waals surface area contributed by atoms with Crippen LogP contribution in [0.5, 0.6) is 0 Å². The molecule has 5 heteroatoms. The second-order valence-corrected chi connectivity index (χ2v) is 7.46. The molecule has 1 aliphatic rings. The Morgan fingerprint density at radius 1 is 1.19 bits per heavy atom. The summed E-state index contributed by atoms with van der Waals surface area (Å²) in [5.41, 5.74) is 4.53. The van der Waals surface area contributed by atoms with Crippen LogP contribution in [-0.2, 0) is 11.3 Å². The second-order valence-electron chi connectivity index (χ2n) is 7.46. The first-order chi connectivity index (χ1) is 13.2. The van der Waals surface area contributed by atoms with Crippen LogP contribution in [0.1, 0.15) is 35.7 Å². The molecule has 2 heterocycles. The maximum atomic E-state index is 12.2. The van der Waals surface area contributed by atoms with Gasteiger partial charge in [0.15, 0.2) is 0 Å². The van der Waals surface area contributed by atoms with Gasteiger partial charge in [-0.15, -0.1) is 0 Å². The van der Waals surface area contributed by atoms with Gasteiger partial charge in [0, 0.05) is 12.5 Å². The third-order valence-corrected chi connectivity index (χ3v) is 5.33. The number of aromatic nitrogens is 2. The van der Waals surface area contributed by atoms with Crippen LogP contribution in [0.25, 0.3) is 11.0 Å². The van der Waals surface area contributed by atoms with Gasteiger partial charge < -0.3 is 10.3 Å². The number of aryl methyl sites for hydroxylation is 1. The zero-order valence-corrected chi connectivity index (χ0v) is 15.7. The van der Waals surface area contributed by atoms with Crippen LogP contribution in [-0.4, -0.2) is 40.4 Å². The average Bonchev–Trinajstić information content (AvgIpc) is 3.11. The Bertz CT molecular complexity index is 910. The molecule has 0 spiro atoms. The molecule has 5 nitrogen and oxygen atoms in total. The van der Waals surface area contributed by atoms with E-state index in [1.165, 1.54) is 5.56 Å². The predicted octanol–water partition coefficient (Wildman–Crippen LogP) is 3.37. The molecule has 0 unspecified atom stereocenters. The summed E-state index contributed by atoms with van der Waals surface area (Å²) in [4.78, 5) is 22.7. The van der Waals surface area contributed by atoms with Crippen molar-refractivity contribution in [2.45, 2.75) is 32.2 Å². The van der Waals surface area contributed by atoms with Gasteiger partial charge in [-0.1, -0.05) is 36.4 Å². The van der Waals surface area contributed by atoms with Crippen molar-refractivity contribution in [3.8, 4) is 0 Å². The van der Waals surface area contributed by atoms with E-state index in [0.29, 0.717) is 19.0 Å². The van der Waals surface area contributed by atoms with Crippen LogP contribution in [0, 0.1) is 6.92 Å². The molecule has 1 aromatic heterocycles. The van der Waals surface area contributed by atoms with Crippen molar-refractivity contribution in [2.75, 3.05) is 19.6 Å². The fraction of sp³-hybridized carbons (Fsp3) is 0.364. The molecule has 0 aliphatic carbocycles. The SMILES string of the molecule is Cc1ccc2nc(C3CCN(CC(=O)NCc4ccccc4)CC3)[nH]c2c1. The standard InChI is InChI=1S/C22H26N4O/c1-16-7-8-19-20(13-16)25-22(24-19)18-9-11-26(12-10-18)15-21(27)23-14-17-5-3-2-4-6-17/h2-8,13,18H,9-12,14-15H2,1H3,(H,23,27)(H,24,25).